The van der Waals surface area contributed by atoms with Crippen molar-refractivity contribution in [2.75, 3.05) is 6.54 Å². The number of sulfone groups is 1. The summed E-state index contributed by atoms with van der Waals surface area (Å²) in [5, 5.41) is 15.2. The van der Waals surface area contributed by atoms with Crippen molar-refractivity contribution in [1.82, 2.24) is 15.0 Å². The molecule has 2 unspecified atom stereocenters. The van der Waals surface area contributed by atoms with Gasteiger partial charge in [0.15, 0.2) is 15.7 Å². The monoisotopic (exact) mass is 453 g/mol. The molecule has 1 N–H and O–H groups in total. The van der Waals surface area contributed by atoms with Crippen molar-refractivity contribution in [1.29, 1.82) is 0 Å². The molecular formula is C23H23N3O5S. The maximum atomic E-state index is 12.7. The van der Waals surface area contributed by atoms with Crippen LogP contribution in [-0.2, 0) is 22.1 Å². The van der Waals surface area contributed by atoms with Gasteiger partial charge in [-0.05, 0) is 37.6 Å². The lowest BCUT2D eigenvalue weighted by atomic mass is 10.2. The Bertz CT molecular complexity index is 1310. The highest BCUT2D eigenvalue weighted by atomic mass is 32.2. The van der Waals surface area contributed by atoms with Crippen molar-refractivity contribution < 1.29 is 22.5 Å². The van der Waals surface area contributed by atoms with Crippen molar-refractivity contribution in [3.8, 4) is 0 Å². The van der Waals surface area contributed by atoms with Crippen LogP contribution in [0.2, 0.25) is 0 Å². The molecule has 0 spiro atoms. The summed E-state index contributed by atoms with van der Waals surface area (Å²) in [6.45, 7) is 2.80. The second-order valence-electron chi connectivity index (χ2n) is 8.21. The van der Waals surface area contributed by atoms with E-state index in [0.717, 1.165) is 22.3 Å². The van der Waals surface area contributed by atoms with Crippen LogP contribution in [0.1, 0.15) is 35.5 Å². The van der Waals surface area contributed by atoms with Crippen molar-refractivity contribution >= 4 is 20.8 Å². The zero-order valence-electron chi connectivity index (χ0n) is 17.5. The van der Waals surface area contributed by atoms with E-state index in [-0.39, 0.29) is 22.5 Å². The summed E-state index contributed by atoms with van der Waals surface area (Å²) < 4.78 is 36.7. The number of β-amino-alcohol motifs (C(OH)–C–C–N with tert-alkyl or cyclic N) is 1. The molecule has 32 heavy (non-hydrogen) atoms. The van der Waals surface area contributed by atoms with E-state index in [2.05, 4.69) is 10.1 Å². The quantitative estimate of drug-likeness (QED) is 0.473. The van der Waals surface area contributed by atoms with Crippen LogP contribution >= 0.6 is 0 Å². The number of aliphatic hydroxyl groups excluding tert-OH is 1. The first-order valence-corrected chi connectivity index (χ1v) is 12.0. The summed E-state index contributed by atoms with van der Waals surface area (Å²) in [5.41, 5.74) is 1.79. The average Bonchev–Trinajstić information content (AvgIpc) is 3.46. The molecule has 5 rings (SSSR count). The summed E-state index contributed by atoms with van der Waals surface area (Å²) in [4.78, 5) is 6.58. The topological polar surface area (TPSA) is 110 Å². The Balaban J connectivity index is 1.34. The van der Waals surface area contributed by atoms with Gasteiger partial charge in [0.25, 0.3) is 0 Å². The van der Waals surface area contributed by atoms with Crippen molar-refractivity contribution in [2.24, 2.45) is 0 Å². The second kappa shape index (κ2) is 8.16. The lowest BCUT2D eigenvalue weighted by Crippen LogP contribution is -2.24. The summed E-state index contributed by atoms with van der Waals surface area (Å²) in [6, 6.07) is 16.1. The fourth-order valence-corrected chi connectivity index (χ4v) is 5.26. The number of benzene rings is 2. The third kappa shape index (κ3) is 4.19. The van der Waals surface area contributed by atoms with Crippen LogP contribution in [-0.4, -0.2) is 41.2 Å². The predicted octanol–water partition coefficient (Wildman–Crippen LogP) is 3.41. The Labute approximate surface area is 185 Å². The highest BCUT2D eigenvalue weighted by Crippen LogP contribution is 2.33. The van der Waals surface area contributed by atoms with Gasteiger partial charge in [-0.2, -0.15) is 4.98 Å². The van der Waals surface area contributed by atoms with Gasteiger partial charge in [-0.3, -0.25) is 4.90 Å². The second-order valence-corrected chi connectivity index (χ2v) is 10.2. The molecule has 0 amide bonds. The van der Waals surface area contributed by atoms with Crippen LogP contribution in [0.3, 0.4) is 0 Å². The Morgan fingerprint density at radius 1 is 1.16 bits per heavy atom. The van der Waals surface area contributed by atoms with Crippen molar-refractivity contribution in [3.63, 3.8) is 0 Å². The molecule has 3 heterocycles. The van der Waals surface area contributed by atoms with Gasteiger partial charge in [0.2, 0.25) is 5.89 Å². The van der Waals surface area contributed by atoms with E-state index in [1.54, 1.807) is 24.3 Å². The normalized spacial score (nSPS) is 19.7. The third-order valence-electron chi connectivity index (χ3n) is 5.68. The molecule has 1 aliphatic heterocycles. The maximum Gasteiger partial charge on any atom is 0.244 e. The van der Waals surface area contributed by atoms with E-state index >= 15 is 0 Å². The molecule has 1 saturated heterocycles. The van der Waals surface area contributed by atoms with E-state index in [1.807, 2.05) is 42.2 Å². The summed E-state index contributed by atoms with van der Waals surface area (Å²) >= 11 is 0. The maximum absolute atomic E-state index is 12.7. The Kier molecular flexibility index (Phi) is 5.32. The number of para-hydroxylation sites is 1. The van der Waals surface area contributed by atoms with Crippen LogP contribution < -0.4 is 0 Å². The van der Waals surface area contributed by atoms with Gasteiger partial charge >= 0.3 is 0 Å². The first kappa shape index (κ1) is 20.9. The van der Waals surface area contributed by atoms with Crippen LogP contribution in [0, 0.1) is 6.92 Å². The van der Waals surface area contributed by atoms with Crippen LogP contribution in [0.5, 0.6) is 0 Å². The van der Waals surface area contributed by atoms with Crippen LogP contribution in [0.4, 0.5) is 0 Å². The first-order chi connectivity index (χ1) is 15.4. The number of aromatic nitrogens is 2. The molecule has 166 valence electrons. The van der Waals surface area contributed by atoms with E-state index in [4.69, 9.17) is 8.94 Å². The van der Waals surface area contributed by atoms with Crippen molar-refractivity contribution in [3.05, 3.63) is 77.6 Å². The molecule has 9 heteroatoms. The number of furan rings is 1. The lowest BCUT2D eigenvalue weighted by molar-refractivity contribution is 0.164. The molecule has 2 aromatic heterocycles. The minimum Gasteiger partial charge on any atom is -0.460 e. The molecular weight excluding hydrogens is 430 g/mol. The minimum absolute atomic E-state index is 0.102. The predicted molar refractivity (Wildman–Crippen MR) is 116 cm³/mol. The summed E-state index contributed by atoms with van der Waals surface area (Å²) in [7, 11) is -3.59. The number of hydrogen-bond donors (Lipinski definition) is 1. The number of rotatable bonds is 6. The van der Waals surface area contributed by atoms with Gasteiger partial charge in [0, 0.05) is 11.9 Å². The smallest absolute Gasteiger partial charge is 0.244 e. The van der Waals surface area contributed by atoms with Crippen LogP contribution in [0.15, 0.2) is 68.4 Å². The number of nitrogens with zero attached hydrogens (tertiary/aromatic N) is 3. The SMILES string of the molecule is Cc1ccc(S(=O)(=O)Cc2noc(C3CC(O)CN3Cc3cc4ccccc4o3)n2)cc1. The van der Waals surface area contributed by atoms with Gasteiger partial charge in [-0.15, -0.1) is 0 Å². The van der Waals surface area contributed by atoms with Crippen LogP contribution in [0.25, 0.3) is 11.0 Å². The van der Waals surface area contributed by atoms with E-state index < -0.39 is 15.9 Å². The molecule has 1 fully saturated rings. The number of hydrogen-bond acceptors (Lipinski definition) is 8. The zero-order chi connectivity index (χ0) is 22.3. The average molecular weight is 454 g/mol. The Morgan fingerprint density at radius 2 is 1.94 bits per heavy atom. The number of fused-ring (bicyclic) bond motifs is 1. The molecule has 1 aliphatic rings. The Hall–Kier alpha value is -3.01. The number of aliphatic hydroxyl groups is 1. The fourth-order valence-electron chi connectivity index (χ4n) is 4.09. The molecule has 4 aromatic rings. The first-order valence-electron chi connectivity index (χ1n) is 10.4. The zero-order valence-corrected chi connectivity index (χ0v) is 18.3. The standard InChI is InChI=1S/C23H23N3O5S/c1-15-6-8-19(9-7-15)32(28,29)14-22-24-23(31-25-22)20-11-17(27)12-26(20)13-18-10-16-4-2-3-5-21(16)30-18/h2-10,17,20,27H,11-14H2,1H3. The van der Waals surface area contributed by atoms with Crippen molar-refractivity contribution in [2.45, 2.75) is 42.7 Å². The number of aryl methyl sites for hydroxylation is 1. The van der Waals surface area contributed by atoms with E-state index in [0.29, 0.717) is 25.4 Å². The highest BCUT2D eigenvalue weighted by Gasteiger charge is 2.36. The molecule has 8 nitrogen and oxygen atoms in total. The Morgan fingerprint density at radius 3 is 2.72 bits per heavy atom. The van der Waals surface area contributed by atoms with Gasteiger partial charge in [-0.1, -0.05) is 41.1 Å². The third-order valence-corrected chi connectivity index (χ3v) is 7.31. The summed E-state index contributed by atoms with van der Waals surface area (Å²) in [5.74, 6) is 0.822. The molecule has 0 saturated carbocycles. The van der Waals surface area contributed by atoms with Gasteiger partial charge in [-0.25, -0.2) is 8.42 Å². The fraction of sp³-hybridized carbons (Fsp3) is 0.304. The van der Waals surface area contributed by atoms with Gasteiger partial charge in [0.05, 0.1) is 23.6 Å². The van der Waals surface area contributed by atoms with E-state index in [9.17, 15) is 13.5 Å². The highest BCUT2D eigenvalue weighted by molar-refractivity contribution is 7.90. The molecule has 0 aliphatic carbocycles. The van der Waals surface area contributed by atoms with Gasteiger partial charge in [0.1, 0.15) is 17.1 Å². The summed E-state index contributed by atoms with van der Waals surface area (Å²) in [6.07, 6.45) is -0.122. The van der Waals surface area contributed by atoms with E-state index in [1.165, 1.54) is 0 Å². The largest absolute Gasteiger partial charge is 0.460 e. The molecule has 2 aromatic carbocycles. The van der Waals surface area contributed by atoms with Gasteiger partial charge < -0.3 is 14.0 Å². The minimum atomic E-state index is -3.59. The molecule has 0 radical (unpaired) electrons. The number of likely N-dealkylation sites (tertiary alicyclic amines) is 1. The molecule has 2 atom stereocenters. The molecule has 0 bridgehead atoms. The lowest BCUT2D eigenvalue weighted by Gasteiger charge is -2.19.